The number of esters is 1. The summed E-state index contributed by atoms with van der Waals surface area (Å²) in [7, 11) is 0. The first-order valence-electron chi connectivity index (χ1n) is 12.4. The zero-order valence-corrected chi connectivity index (χ0v) is 22.5. The van der Waals surface area contributed by atoms with E-state index in [-0.39, 0.29) is 19.0 Å². The fraction of sp³-hybridized carbons (Fsp3) is 0.577. The number of amides is 4. The van der Waals surface area contributed by atoms with Crippen molar-refractivity contribution in [3.05, 3.63) is 35.9 Å². The molecule has 0 saturated heterocycles. The van der Waals surface area contributed by atoms with Gasteiger partial charge in [0.25, 0.3) is 0 Å². The molecule has 0 aromatic heterocycles. The molecular formula is C26H40N4O7. The van der Waals surface area contributed by atoms with Gasteiger partial charge in [0, 0.05) is 13.0 Å². The maximum absolute atomic E-state index is 12.4. The van der Waals surface area contributed by atoms with Crippen LogP contribution in [0, 0.1) is 0 Å². The van der Waals surface area contributed by atoms with Gasteiger partial charge < -0.3 is 30.7 Å². The van der Waals surface area contributed by atoms with Crippen LogP contribution in [0.5, 0.6) is 0 Å². The molecule has 0 fully saturated rings. The summed E-state index contributed by atoms with van der Waals surface area (Å²) in [5.74, 6) is -1.82. The summed E-state index contributed by atoms with van der Waals surface area (Å²) in [5.41, 5.74) is 0.207. The first-order chi connectivity index (χ1) is 17.3. The minimum Gasteiger partial charge on any atom is -0.461 e. The summed E-state index contributed by atoms with van der Waals surface area (Å²) in [4.78, 5) is 60.5. The Morgan fingerprint density at radius 2 is 1.32 bits per heavy atom. The summed E-state index contributed by atoms with van der Waals surface area (Å²) >= 11 is 0. The van der Waals surface area contributed by atoms with Crippen LogP contribution in [-0.2, 0) is 35.3 Å². The summed E-state index contributed by atoms with van der Waals surface area (Å²) < 4.78 is 10.3. The quantitative estimate of drug-likeness (QED) is 0.229. The number of hydrogen-bond donors (Lipinski definition) is 4. The Labute approximate surface area is 218 Å². The number of carbonyl (C=O) groups is 5. The molecule has 0 aliphatic rings. The number of alkyl carbamates (subject to hydrolysis) is 1. The van der Waals surface area contributed by atoms with E-state index in [1.54, 1.807) is 20.8 Å². The second-order valence-electron chi connectivity index (χ2n) is 9.72. The third-order valence-electron chi connectivity index (χ3n) is 4.98. The van der Waals surface area contributed by atoms with Gasteiger partial charge in [-0.15, -0.1) is 0 Å². The van der Waals surface area contributed by atoms with E-state index in [9.17, 15) is 24.0 Å². The number of unbranched alkanes of at least 4 members (excludes halogenated alkanes) is 1. The van der Waals surface area contributed by atoms with Crippen LogP contribution in [0.25, 0.3) is 0 Å². The molecular weight excluding hydrogens is 480 g/mol. The van der Waals surface area contributed by atoms with Gasteiger partial charge in [-0.2, -0.15) is 0 Å². The molecule has 1 aromatic rings. The molecule has 0 aliphatic carbocycles. The van der Waals surface area contributed by atoms with Gasteiger partial charge in [-0.3, -0.25) is 19.2 Å². The zero-order valence-electron chi connectivity index (χ0n) is 22.5. The van der Waals surface area contributed by atoms with E-state index in [1.165, 1.54) is 20.8 Å². The van der Waals surface area contributed by atoms with Gasteiger partial charge in [0.15, 0.2) is 0 Å². The molecule has 0 saturated carbocycles. The lowest BCUT2D eigenvalue weighted by Gasteiger charge is -2.23. The second-order valence-corrected chi connectivity index (χ2v) is 9.72. The molecule has 11 nitrogen and oxygen atoms in total. The van der Waals surface area contributed by atoms with Gasteiger partial charge in [-0.1, -0.05) is 30.3 Å². The molecule has 0 aliphatic heterocycles. The molecule has 4 N–H and O–H groups in total. The van der Waals surface area contributed by atoms with Crippen LogP contribution in [-0.4, -0.2) is 60.1 Å². The fourth-order valence-corrected chi connectivity index (χ4v) is 2.93. The van der Waals surface area contributed by atoms with Gasteiger partial charge in [0.1, 0.15) is 30.3 Å². The van der Waals surface area contributed by atoms with Crippen molar-refractivity contribution < 1.29 is 33.4 Å². The van der Waals surface area contributed by atoms with Crippen LogP contribution in [0.15, 0.2) is 30.3 Å². The van der Waals surface area contributed by atoms with Crippen LogP contribution in [0.3, 0.4) is 0 Å². The number of hydrogen-bond acceptors (Lipinski definition) is 7. The Kier molecular flexibility index (Phi) is 13.1. The number of nitrogens with one attached hydrogen (secondary N) is 4. The highest BCUT2D eigenvalue weighted by molar-refractivity contribution is 5.93. The van der Waals surface area contributed by atoms with Crippen LogP contribution in [0.2, 0.25) is 0 Å². The van der Waals surface area contributed by atoms with Gasteiger partial charge in [-0.25, -0.2) is 4.79 Å². The van der Waals surface area contributed by atoms with E-state index in [0.29, 0.717) is 19.4 Å². The summed E-state index contributed by atoms with van der Waals surface area (Å²) in [5, 5.41) is 10.1. The van der Waals surface area contributed by atoms with Crippen molar-refractivity contribution in [2.75, 3.05) is 6.54 Å². The molecule has 0 radical (unpaired) electrons. The lowest BCUT2D eigenvalue weighted by atomic mass is 10.2. The van der Waals surface area contributed by atoms with Crippen LogP contribution >= 0.6 is 0 Å². The fourth-order valence-electron chi connectivity index (χ4n) is 2.93. The molecule has 37 heavy (non-hydrogen) atoms. The Bertz CT molecular complexity index is 915. The molecule has 11 heteroatoms. The molecule has 206 valence electrons. The molecule has 0 spiro atoms. The first kappa shape index (κ1) is 31.4. The Morgan fingerprint density at radius 3 is 1.89 bits per heavy atom. The molecule has 0 heterocycles. The van der Waals surface area contributed by atoms with Crippen molar-refractivity contribution in [3.8, 4) is 0 Å². The molecule has 1 aromatic carbocycles. The average molecular weight is 521 g/mol. The third kappa shape index (κ3) is 13.9. The van der Waals surface area contributed by atoms with Crippen molar-refractivity contribution in [2.45, 2.75) is 91.1 Å². The first-order valence-corrected chi connectivity index (χ1v) is 12.4. The lowest BCUT2D eigenvalue weighted by molar-refractivity contribution is -0.145. The smallest absolute Gasteiger partial charge is 0.408 e. The maximum atomic E-state index is 12.4. The van der Waals surface area contributed by atoms with Crippen molar-refractivity contribution in [1.82, 2.24) is 21.3 Å². The zero-order chi connectivity index (χ0) is 28.0. The number of rotatable bonds is 13. The van der Waals surface area contributed by atoms with E-state index < -0.39 is 47.5 Å². The molecule has 1 rings (SSSR count). The van der Waals surface area contributed by atoms with E-state index in [0.717, 1.165) is 5.56 Å². The predicted octanol–water partition coefficient (Wildman–Crippen LogP) is 1.94. The van der Waals surface area contributed by atoms with Gasteiger partial charge in [-0.05, 0) is 59.9 Å². The Morgan fingerprint density at radius 1 is 0.784 bits per heavy atom. The minimum atomic E-state index is -0.937. The SMILES string of the molecule is C[C@H](NC(=O)OC(C)(C)C)C(=O)N[C@@H](C)C(=O)N[C@@H](C)C(=O)NCCCCC(=O)OCc1ccccc1. The molecule has 4 amide bonds. The van der Waals surface area contributed by atoms with Crippen LogP contribution in [0.1, 0.15) is 66.4 Å². The van der Waals surface area contributed by atoms with Crippen molar-refractivity contribution in [3.63, 3.8) is 0 Å². The highest BCUT2D eigenvalue weighted by Crippen LogP contribution is 2.07. The average Bonchev–Trinajstić information content (AvgIpc) is 2.81. The second kappa shape index (κ2) is 15.5. The normalized spacial score (nSPS) is 13.4. The van der Waals surface area contributed by atoms with Crippen LogP contribution < -0.4 is 21.3 Å². The number of ether oxygens (including phenoxy) is 2. The van der Waals surface area contributed by atoms with E-state index in [1.807, 2.05) is 30.3 Å². The van der Waals surface area contributed by atoms with Gasteiger partial charge in [0.2, 0.25) is 17.7 Å². The summed E-state index contributed by atoms with van der Waals surface area (Å²) in [6, 6.07) is 6.69. The number of benzene rings is 1. The van der Waals surface area contributed by atoms with Gasteiger partial charge >= 0.3 is 12.1 Å². The minimum absolute atomic E-state index is 0.228. The third-order valence-corrected chi connectivity index (χ3v) is 4.98. The predicted molar refractivity (Wildman–Crippen MR) is 137 cm³/mol. The van der Waals surface area contributed by atoms with Crippen molar-refractivity contribution >= 4 is 29.8 Å². The van der Waals surface area contributed by atoms with E-state index in [2.05, 4.69) is 21.3 Å². The van der Waals surface area contributed by atoms with Crippen molar-refractivity contribution in [1.29, 1.82) is 0 Å². The monoisotopic (exact) mass is 520 g/mol. The molecule has 0 bridgehead atoms. The summed E-state index contributed by atoms with van der Waals surface area (Å²) in [6.45, 7) is 10.1. The topological polar surface area (TPSA) is 152 Å². The highest BCUT2D eigenvalue weighted by atomic mass is 16.6. The number of carbonyl (C=O) groups excluding carboxylic acids is 5. The van der Waals surface area contributed by atoms with Crippen molar-refractivity contribution in [2.24, 2.45) is 0 Å². The summed E-state index contributed by atoms with van der Waals surface area (Å²) in [6.07, 6.45) is 0.615. The lowest BCUT2D eigenvalue weighted by Crippen LogP contribution is -2.54. The molecule has 0 unspecified atom stereocenters. The van der Waals surface area contributed by atoms with E-state index in [4.69, 9.17) is 9.47 Å². The highest BCUT2D eigenvalue weighted by Gasteiger charge is 2.25. The van der Waals surface area contributed by atoms with E-state index >= 15 is 0 Å². The Hall–Kier alpha value is -3.63. The Balaban J connectivity index is 2.25. The van der Waals surface area contributed by atoms with Gasteiger partial charge in [0.05, 0.1) is 0 Å². The molecule has 3 atom stereocenters. The standard InChI is InChI=1S/C26H40N4O7/c1-17(22(32)27-15-11-10-14-21(31)36-16-20-12-8-7-9-13-20)28-23(33)18(2)29-24(34)19(3)30-25(35)37-26(4,5)6/h7-9,12-13,17-19H,10-11,14-16H2,1-6H3,(H,27,32)(H,28,33)(H,29,34)(H,30,35)/t17-,18-,19-/m0/s1. The largest absolute Gasteiger partial charge is 0.461 e. The van der Waals surface area contributed by atoms with Crippen LogP contribution in [0.4, 0.5) is 4.79 Å². The maximum Gasteiger partial charge on any atom is 0.408 e.